The van der Waals surface area contributed by atoms with Gasteiger partial charge in [-0.05, 0) is 6.92 Å². The van der Waals surface area contributed by atoms with Crippen molar-refractivity contribution in [1.82, 2.24) is 0 Å². The first kappa shape index (κ1) is 11.6. The van der Waals surface area contributed by atoms with Gasteiger partial charge in [0.15, 0.2) is 0 Å². The van der Waals surface area contributed by atoms with Gasteiger partial charge in [0.1, 0.15) is 5.92 Å². The monoisotopic (exact) mass is 189 g/mol. The lowest BCUT2D eigenvalue weighted by atomic mass is 10.1. The van der Waals surface area contributed by atoms with Crippen LogP contribution in [0.25, 0.3) is 0 Å². The second-order valence-electron chi connectivity index (χ2n) is 2.35. The molecule has 2 atom stereocenters. The smallest absolute Gasteiger partial charge is 0.432 e. The number of aliphatic hydroxyl groups is 1. The van der Waals surface area contributed by atoms with E-state index in [4.69, 9.17) is 10.2 Å². The Morgan fingerprint density at radius 1 is 1.54 bits per heavy atom. The molecule has 0 spiro atoms. The first-order valence-corrected chi connectivity index (χ1v) is 3.52. The van der Waals surface area contributed by atoms with E-state index in [2.05, 4.69) is 9.73 Å². The van der Waals surface area contributed by atoms with Crippen LogP contribution in [-0.2, 0) is 9.53 Å². The van der Waals surface area contributed by atoms with Gasteiger partial charge in [-0.25, -0.2) is 4.79 Å². The van der Waals surface area contributed by atoms with E-state index in [9.17, 15) is 9.59 Å². The van der Waals surface area contributed by atoms with Crippen molar-refractivity contribution in [3.8, 4) is 0 Å². The molecule has 1 amide bonds. The zero-order valence-electron chi connectivity index (χ0n) is 7.30. The average Bonchev–Trinajstić information content (AvgIpc) is 2.03. The summed E-state index contributed by atoms with van der Waals surface area (Å²) in [7, 11) is 1.12. The van der Waals surface area contributed by atoms with Crippen molar-refractivity contribution in [3.05, 3.63) is 0 Å². The molecule has 0 aliphatic heterocycles. The van der Waals surface area contributed by atoms with E-state index < -0.39 is 24.1 Å². The van der Waals surface area contributed by atoms with E-state index in [0.717, 1.165) is 13.3 Å². The molecule has 2 N–H and O–H groups in total. The van der Waals surface area contributed by atoms with E-state index in [1.807, 2.05) is 0 Å². The Hall–Kier alpha value is -1.43. The summed E-state index contributed by atoms with van der Waals surface area (Å²) in [5.74, 6) is -2.44. The molecule has 0 fully saturated rings. The van der Waals surface area contributed by atoms with Gasteiger partial charge in [-0.1, -0.05) is 0 Å². The summed E-state index contributed by atoms with van der Waals surface area (Å²) in [4.78, 5) is 24.1. The topological polar surface area (TPSA) is 96.2 Å². The van der Waals surface area contributed by atoms with E-state index >= 15 is 0 Å². The number of methoxy groups -OCH3 is 1. The first-order chi connectivity index (χ1) is 5.99. The highest BCUT2D eigenvalue weighted by atomic mass is 16.5. The van der Waals surface area contributed by atoms with Crippen LogP contribution in [0.15, 0.2) is 4.99 Å². The molecule has 1 unspecified atom stereocenters. The molecular formula is C7H11NO5. The third-order valence-corrected chi connectivity index (χ3v) is 1.32. The lowest BCUT2D eigenvalue weighted by Gasteiger charge is -2.08. The molecular weight excluding hydrogens is 178 g/mol. The fourth-order valence-corrected chi connectivity index (χ4v) is 0.589. The predicted octanol–water partition coefficient (Wildman–Crippen LogP) is -0.0948. The Morgan fingerprint density at radius 3 is 2.38 bits per heavy atom. The van der Waals surface area contributed by atoms with Crippen LogP contribution in [0, 0.1) is 5.92 Å². The number of carbonyl (C=O) groups excluding carboxylic acids is 1. The van der Waals surface area contributed by atoms with E-state index in [0.29, 0.717) is 0 Å². The fraction of sp³-hybridized carbons (Fsp3) is 0.571. The summed E-state index contributed by atoms with van der Waals surface area (Å²) in [6.07, 6.45) is -1.16. The minimum Gasteiger partial charge on any atom is -0.481 e. The van der Waals surface area contributed by atoms with Gasteiger partial charge in [-0.15, -0.1) is 0 Å². The molecule has 0 aromatic rings. The summed E-state index contributed by atoms with van der Waals surface area (Å²) in [5, 5.41) is 17.5. The quantitative estimate of drug-likeness (QED) is 0.604. The van der Waals surface area contributed by atoms with Crippen LogP contribution < -0.4 is 0 Å². The molecule has 0 saturated heterocycles. The van der Waals surface area contributed by atoms with Gasteiger partial charge in [0.05, 0.1) is 13.2 Å². The Kier molecular flexibility index (Phi) is 4.68. The summed E-state index contributed by atoms with van der Waals surface area (Å²) < 4.78 is 4.15. The molecule has 0 rings (SSSR count). The van der Waals surface area contributed by atoms with Crippen LogP contribution in [0.4, 0.5) is 4.79 Å². The zero-order chi connectivity index (χ0) is 10.4. The van der Waals surface area contributed by atoms with Crippen molar-refractivity contribution in [2.75, 3.05) is 7.11 Å². The molecule has 6 heteroatoms. The van der Waals surface area contributed by atoms with Crippen molar-refractivity contribution >= 4 is 18.3 Å². The molecule has 0 aromatic carbocycles. The van der Waals surface area contributed by atoms with Gasteiger partial charge in [0.25, 0.3) is 0 Å². The summed E-state index contributed by atoms with van der Waals surface area (Å²) in [5.41, 5.74) is 0. The van der Waals surface area contributed by atoms with Crippen molar-refractivity contribution in [3.63, 3.8) is 0 Å². The van der Waals surface area contributed by atoms with Crippen LogP contribution in [0.3, 0.4) is 0 Å². The average molecular weight is 189 g/mol. The lowest BCUT2D eigenvalue weighted by molar-refractivity contribution is -0.141. The number of aliphatic carboxylic acids is 1. The second kappa shape index (κ2) is 5.26. The van der Waals surface area contributed by atoms with Gasteiger partial charge in [-0.3, -0.25) is 4.79 Å². The minimum absolute atomic E-state index is 0.846. The maximum absolute atomic E-state index is 10.5. The standard InChI is InChI=1S/C7H11NO5/c1-4(9)5(6(10)11)3-8-7(12)13-2/h3-5,9H,1-2H3,(H,10,11)/t4-,5?/m1/s1. The molecule has 0 aliphatic rings. The van der Waals surface area contributed by atoms with Gasteiger partial charge in [0, 0.05) is 6.21 Å². The Bertz CT molecular complexity index is 223. The van der Waals surface area contributed by atoms with Crippen LogP contribution in [0.2, 0.25) is 0 Å². The number of ether oxygens (including phenoxy) is 1. The molecule has 0 saturated carbocycles. The Balaban J connectivity index is 4.34. The molecule has 0 radical (unpaired) electrons. The van der Waals surface area contributed by atoms with E-state index in [1.54, 1.807) is 0 Å². The molecule has 0 aliphatic carbocycles. The lowest BCUT2D eigenvalue weighted by Crippen LogP contribution is -2.27. The van der Waals surface area contributed by atoms with Crippen LogP contribution in [0.5, 0.6) is 0 Å². The minimum atomic E-state index is -1.25. The Morgan fingerprint density at radius 2 is 2.08 bits per heavy atom. The predicted molar refractivity (Wildman–Crippen MR) is 43.7 cm³/mol. The molecule has 13 heavy (non-hydrogen) atoms. The third-order valence-electron chi connectivity index (χ3n) is 1.32. The number of carbonyl (C=O) groups is 2. The number of aliphatic hydroxyl groups excluding tert-OH is 1. The summed E-state index contributed by atoms with van der Waals surface area (Å²) in [6.45, 7) is 1.29. The second-order valence-corrected chi connectivity index (χ2v) is 2.35. The van der Waals surface area contributed by atoms with Crippen molar-refractivity contribution < 1.29 is 24.5 Å². The van der Waals surface area contributed by atoms with Crippen molar-refractivity contribution in [2.24, 2.45) is 10.9 Å². The highest BCUT2D eigenvalue weighted by molar-refractivity contribution is 5.93. The number of amides is 1. The summed E-state index contributed by atoms with van der Waals surface area (Å²) >= 11 is 0. The van der Waals surface area contributed by atoms with Gasteiger partial charge >= 0.3 is 12.1 Å². The van der Waals surface area contributed by atoms with Gasteiger partial charge < -0.3 is 14.9 Å². The van der Waals surface area contributed by atoms with Gasteiger partial charge in [-0.2, -0.15) is 4.99 Å². The molecule has 0 aromatic heterocycles. The number of carboxylic acid groups (broad SMARTS) is 1. The first-order valence-electron chi connectivity index (χ1n) is 3.52. The highest BCUT2D eigenvalue weighted by Gasteiger charge is 2.20. The molecule has 6 nitrogen and oxygen atoms in total. The van der Waals surface area contributed by atoms with E-state index in [1.165, 1.54) is 6.92 Å². The third kappa shape index (κ3) is 4.22. The Labute approximate surface area is 74.8 Å². The highest BCUT2D eigenvalue weighted by Crippen LogP contribution is 2.00. The zero-order valence-corrected chi connectivity index (χ0v) is 7.30. The maximum Gasteiger partial charge on any atom is 0.432 e. The normalized spacial score (nSPS) is 15.3. The molecule has 0 bridgehead atoms. The number of hydrogen-bond acceptors (Lipinski definition) is 4. The fourth-order valence-electron chi connectivity index (χ4n) is 0.589. The summed E-state index contributed by atoms with van der Waals surface area (Å²) in [6, 6.07) is 0. The van der Waals surface area contributed by atoms with Crippen molar-refractivity contribution in [2.45, 2.75) is 13.0 Å². The molecule has 0 heterocycles. The van der Waals surface area contributed by atoms with Crippen LogP contribution in [-0.4, -0.2) is 41.7 Å². The maximum atomic E-state index is 10.5. The number of aliphatic imine (C=N–C) groups is 1. The SMILES string of the molecule is COC(=O)N=CC(C(=O)O)[C@@H](C)O. The number of hydrogen-bond donors (Lipinski definition) is 2. The van der Waals surface area contributed by atoms with E-state index in [-0.39, 0.29) is 0 Å². The number of rotatable bonds is 3. The largest absolute Gasteiger partial charge is 0.481 e. The van der Waals surface area contributed by atoms with Crippen LogP contribution in [0.1, 0.15) is 6.92 Å². The van der Waals surface area contributed by atoms with Crippen LogP contribution >= 0.6 is 0 Å². The number of carboxylic acids is 1. The molecule has 74 valence electrons. The van der Waals surface area contributed by atoms with Crippen molar-refractivity contribution in [1.29, 1.82) is 0 Å². The van der Waals surface area contributed by atoms with Gasteiger partial charge in [0.2, 0.25) is 0 Å². The number of nitrogens with zero attached hydrogens (tertiary/aromatic N) is 1.